The highest BCUT2D eigenvalue weighted by Gasteiger charge is 2.03. The van der Waals surface area contributed by atoms with Crippen LogP contribution in [-0.2, 0) is 20.0 Å². The topological polar surface area (TPSA) is 43.8 Å². The Balaban J connectivity index is 2.18. The third-order valence-corrected chi connectivity index (χ3v) is 2.46. The van der Waals surface area contributed by atoms with Gasteiger partial charge in [-0.2, -0.15) is 5.10 Å². The highest BCUT2D eigenvalue weighted by Crippen LogP contribution is 2.09. The summed E-state index contributed by atoms with van der Waals surface area (Å²) in [6.07, 6.45) is 0.870. The minimum Gasteiger partial charge on any atom is -0.325 e. The number of hydrogen-bond acceptors (Lipinski definition) is 2. The Morgan fingerprint density at radius 1 is 1.27 bits per heavy atom. The van der Waals surface area contributed by atoms with Gasteiger partial charge in [-0.1, -0.05) is 30.3 Å². The first-order valence-electron chi connectivity index (χ1n) is 5.05. The van der Waals surface area contributed by atoms with E-state index in [-0.39, 0.29) is 0 Å². The number of nitrogens with zero attached hydrogens (tertiary/aromatic N) is 2. The van der Waals surface area contributed by atoms with Crippen LogP contribution in [0.4, 0.5) is 0 Å². The van der Waals surface area contributed by atoms with Gasteiger partial charge in [0.2, 0.25) is 0 Å². The van der Waals surface area contributed by atoms with E-state index >= 15 is 0 Å². The van der Waals surface area contributed by atoms with Crippen LogP contribution in [0, 0.1) is 0 Å². The fourth-order valence-corrected chi connectivity index (χ4v) is 1.65. The van der Waals surface area contributed by atoms with Crippen molar-refractivity contribution in [1.82, 2.24) is 9.78 Å². The Bertz CT molecular complexity index is 431. The third kappa shape index (κ3) is 2.25. The molecule has 1 heterocycles. The summed E-state index contributed by atoms with van der Waals surface area (Å²) < 4.78 is 1.85. The predicted octanol–water partition coefficient (Wildman–Crippen LogP) is 1.47. The molecule has 2 aromatic rings. The number of benzene rings is 1. The molecule has 0 fully saturated rings. The number of aryl methyl sites for hydroxylation is 1. The highest BCUT2D eigenvalue weighted by molar-refractivity contribution is 5.22. The summed E-state index contributed by atoms with van der Waals surface area (Å²) in [5.74, 6) is 0. The van der Waals surface area contributed by atoms with E-state index in [9.17, 15) is 0 Å². The molecule has 0 saturated carbocycles. The molecular formula is C12H15N3. The summed E-state index contributed by atoms with van der Waals surface area (Å²) in [6.45, 7) is 0.540. The summed E-state index contributed by atoms with van der Waals surface area (Å²) in [4.78, 5) is 0. The van der Waals surface area contributed by atoms with Gasteiger partial charge in [-0.15, -0.1) is 0 Å². The van der Waals surface area contributed by atoms with Crippen molar-refractivity contribution in [2.75, 3.05) is 0 Å². The van der Waals surface area contributed by atoms with E-state index < -0.39 is 0 Å². The normalized spacial score (nSPS) is 10.5. The van der Waals surface area contributed by atoms with Gasteiger partial charge >= 0.3 is 0 Å². The molecule has 1 aromatic heterocycles. The number of hydrogen-bond donors (Lipinski definition) is 1. The van der Waals surface area contributed by atoms with Crippen LogP contribution in [0.15, 0.2) is 36.4 Å². The summed E-state index contributed by atoms with van der Waals surface area (Å²) in [7, 11) is 1.93. The predicted molar refractivity (Wildman–Crippen MR) is 60.3 cm³/mol. The molecular weight excluding hydrogens is 186 g/mol. The van der Waals surface area contributed by atoms with Gasteiger partial charge in [0.1, 0.15) is 0 Å². The molecule has 0 aliphatic heterocycles. The van der Waals surface area contributed by atoms with E-state index in [1.165, 1.54) is 5.56 Å². The molecule has 3 nitrogen and oxygen atoms in total. The minimum atomic E-state index is 0.540. The average molecular weight is 201 g/mol. The van der Waals surface area contributed by atoms with E-state index in [1.807, 2.05) is 29.9 Å². The smallest absolute Gasteiger partial charge is 0.0671 e. The first-order valence-corrected chi connectivity index (χ1v) is 5.05. The Kier molecular flexibility index (Phi) is 2.83. The second-order valence-corrected chi connectivity index (χ2v) is 3.62. The Hall–Kier alpha value is -1.61. The summed E-state index contributed by atoms with van der Waals surface area (Å²) in [5.41, 5.74) is 9.02. The second-order valence-electron chi connectivity index (χ2n) is 3.62. The lowest BCUT2D eigenvalue weighted by molar-refractivity contribution is 0.701. The number of nitrogens with two attached hydrogens (primary N) is 1. The zero-order valence-electron chi connectivity index (χ0n) is 8.85. The van der Waals surface area contributed by atoms with E-state index in [2.05, 4.69) is 23.3 Å². The molecule has 15 heavy (non-hydrogen) atoms. The lowest BCUT2D eigenvalue weighted by atomic mass is 10.1. The zero-order valence-corrected chi connectivity index (χ0v) is 8.85. The van der Waals surface area contributed by atoms with Crippen molar-refractivity contribution in [3.63, 3.8) is 0 Å². The van der Waals surface area contributed by atoms with E-state index in [0.717, 1.165) is 17.8 Å². The second kappa shape index (κ2) is 4.28. The van der Waals surface area contributed by atoms with E-state index in [1.54, 1.807) is 0 Å². The molecule has 0 saturated heterocycles. The van der Waals surface area contributed by atoms with E-state index in [0.29, 0.717) is 6.54 Å². The molecule has 2 N–H and O–H groups in total. The molecule has 0 radical (unpaired) electrons. The van der Waals surface area contributed by atoms with Gasteiger partial charge in [0, 0.05) is 20.0 Å². The average Bonchev–Trinajstić information content (AvgIpc) is 2.60. The fourth-order valence-electron chi connectivity index (χ4n) is 1.65. The highest BCUT2D eigenvalue weighted by atomic mass is 15.3. The van der Waals surface area contributed by atoms with Crippen molar-refractivity contribution in [3.8, 4) is 0 Å². The van der Waals surface area contributed by atoms with Crippen LogP contribution in [0.1, 0.15) is 17.0 Å². The monoisotopic (exact) mass is 201 g/mol. The largest absolute Gasteiger partial charge is 0.325 e. The van der Waals surface area contributed by atoms with Crippen LogP contribution >= 0.6 is 0 Å². The van der Waals surface area contributed by atoms with Crippen LogP contribution in [0.3, 0.4) is 0 Å². The third-order valence-electron chi connectivity index (χ3n) is 2.46. The zero-order chi connectivity index (χ0) is 10.7. The minimum absolute atomic E-state index is 0.540. The molecule has 1 aromatic carbocycles. The maximum atomic E-state index is 5.60. The molecule has 2 rings (SSSR count). The van der Waals surface area contributed by atoms with Gasteiger partial charge in [0.05, 0.1) is 11.4 Å². The maximum absolute atomic E-state index is 5.60. The molecule has 0 bridgehead atoms. The van der Waals surface area contributed by atoms with Crippen molar-refractivity contribution in [3.05, 3.63) is 53.3 Å². The first-order chi connectivity index (χ1) is 7.29. The molecule has 0 amide bonds. The molecule has 78 valence electrons. The van der Waals surface area contributed by atoms with Crippen LogP contribution < -0.4 is 5.73 Å². The van der Waals surface area contributed by atoms with Crippen molar-refractivity contribution in [2.45, 2.75) is 13.0 Å². The van der Waals surface area contributed by atoms with Crippen molar-refractivity contribution >= 4 is 0 Å². The standard InChI is InChI=1S/C12H15N3/c1-15-12(9-13)8-11(14-15)7-10-5-3-2-4-6-10/h2-6,8H,7,9,13H2,1H3. The van der Waals surface area contributed by atoms with Crippen LogP contribution in [0.2, 0.25) is 0 Å². The van der Waals surface area contributed by atoms with Gasteiger partial charge in [-0.05, 0) is 11.6 Å². The van der Waals surface area contributed by atoms with Gasteiger partial charge in [0.15, 0.2) is 0 Å². The quantitative estimate of drug-likeness (QED) is 0.817. The van der Waals surface area contributed by atoms with Gasteiger partial charge < -0.3 is 5.73 Å². The summed E-state index contributed by atoms with van der Waals surface area (Å²) >= 11 is 0. The number of rotatable bonds is 3. The Morgan fingerprint density at radius 2 is 2.00 bits per heavy atom. The van der Waals surface area contributed by atoms with Crippen LogP contribution in [-0.4, -0.2) is 9.78 Å². The molecule has 0 atom stereocenters. The maximum Gasteiger partial charge on any atom is 0.0671 e. The van der Waals surface area contributed by atoms with Crippen molar-refractivity contribution < 1.29 is 0 Å². The first kappa shape index (κ1) is 9.93. The summed E-state index contributed by atoms with van der Waals surface area (Å²) in [6, 6.07) is 12.4. The molecule has 3 heteroatoms. The fraction of sp³-hybridized carbons (Fsp3) is 0.250. The Morgan fingerprint density at radius 3 is 2.60 bits per heavy atom. The number of aromatic nitrogens is 2. The summed E-state index contributed by atoms with van der Waals surface area (Å²) in [5, 5.41) is 4.41. The Labute approximate surface area is 89.5 Å². The lowest BCUT2D eigenvalue weighted by Crippen LogP contribution is -2.03. The molecule has 0 unspecified atom stereocenters. The van der Waals surface area contributed by atoms with Gasteiger partial charge in [-0.25, -0.2) is 0 Å². The molecule has 0 aliphatic carbocycles. The molecule has 0 aliphatic rings. The SMILES string of the molecule is Cn1nc(Cc2ccccc2)cc1CN. The van der Waals surface area contributed by atoms with Crippen LogP contribution in [0.25, 0.3) is 0 Å². The lowest BCUT2D eigenvalue weighted by Gasteiger charge is -1.96. The van der Waals surface area contributed by atoms with E-state index in [4.69, 9.17) is 5.73 Å². The molecule has 0 spiro atoms. The van der Waals surface area contributed by atoms with Crippen molar-refractivity contribution in [1.29, 1.82) is 0 Å². The van der Waals surface area contributed by atoms with Gasteiger partial charge in [-0.3, -0.25) is 4.68 Å². The van der Waals surface area contributed by atoms with Crippen molar-refractivity contribution in [2.24, 2.45) is 12.8 Å². The van der Waals surface area contributed by atoms with Gasteiger partial charge in [0.25, 0.3) is 0 Å². The van der Waals surface area contributed by atoms with Crippen LogP contribution in [0.5, 0.6) is 0 Å².